The Hall–Kier alpha value is -3.50. The first kappa shape index (κ1) is 30.5. The smallest absolute Gasteiger partial charge is 0.315 e. The highest BCUT2D eigenvalue weighted by Gasteiger charge is 2.42. The molecule has 0 bridgehead atoms. The van der Waals surface area contributed by atoms with Crippen LogP contribution in [0.15, 0.2) is 24.5 Å². The summed E-state index contributed by atoms with van der Waals surface area (Å²) < 4.78 is 0. The van der Waals surface area contributed by atoms with Crippen molar-refractivity contribution in [2.24, 2.45) is 23.5 Å². The number of pyridine rings is 1. The van der Waals surface area contributed by atoms with Gasteiger partial charge >= 0.3 is 6.03 Å². The average Bonchev–Trinajstić information content (AvgIpc) is 3.64. The number of Topliss-reactive ketones (excluding diaryl/α,β-unsaturated/α-hetero) is 1. The van der Waals surface area contributed by atoms with Gasteiger partial charge in [-0.25, -0.2) is 4.79 Å². The molecule has 2 aliphatic carbocycles. The Bertz CT molecular complexity index is 1120. The number of urea groups is 1. The van der Waals surface area contributed by atoms with E-state index in [9.17, 15) is 24.0 Å². The van der Waals surface area contributed by atoms with Crippen molar-refractivity contribution in [3.05, 3.63) is 30.1 Å². The molecule has 11 nitrogen and oxygen atoms in total. The number of rotatable bonds is 12. The van der Waals surface area contributed by atoms with Crippen molar-refractivity contribution in [3.8, 4) is 0 Å². The number of likely N-dealkylation sites (tertiary alicyclic amines) is 1. The Morgan fingerprint density at radius 2 is 1.85 bits per heavy atom. The molecular weight excluding hydrogens is 524 g/mol. The van der Waals surface area contributed by atoms with Crippen molar-refractivity contribution >= 4 is 29.5 Å². The van der Waals surface area contributed by atoms with Gasteiger partial charge < -0.3 is 26.6 Å². The van der Waals surface area contributed by atoms with Crippen LogP contribution in [0.2, 0.25) is 0 Å². The summed E-state index contributed by atoms with van der Waals surface area (Å²) in [5.41, 5.74) is 5.87. The number of nitrogens with zero attached hydrogens (tertiary/aromatic N) is 2. The summed E-state index contributed by atoms with van der Waals surface area (Å²) in [5, 5.41) is 8.59. The van der Waals surface area contributed by atoms with Gasteiger partial charge in [-0.05, 0) is 61.5 Å². The normalized spacial score (nSPS) is 22.6. The topological polar surface area (TPSA) is 164 Å². The van der Waals surface area contributed by atoms with E-state index in [-0.39, 0.29) is 30.2 Å². The number of amides is 5. The van der Waals surface area contributed by atoms with Crippen LogP contribution in [-0.2, 0) is 25.6 Å². The van der Waals surface area contributed by atoms with Gasteiger partial charge in [0.25, 0.3) is 5.91 Å². The number of aromatic nitrogens is 1. The van der Waals surface area contributed by atoms with E-state index in [4.69, 9.17) is 5.73 Å². The minimum absolute atomic E-state index is 0.0854. The van der Waals surface area contributed by atoms with E-state index in [1.54, 1.807) is 6.20 Å². The molecule has 1 aromatic rings. The van der Waals surface area contributed by atoms with Gasteiger partial charge in [-0.3, -0.25) is 24.2 Å². The second kappa shape index (κ2) is 13.4. The summed E-state index contributed by atoms with van der Waals surface area (Å²) in [4.78, 5) is 69.5. The molecule has 0 spiro atoms. The maximum Gasteiger partial charge on any atom is 0.315 e. The Labute approximate surface area is 241 Å². The van der Waals surface area contributed by atoms with Gasteiger partial charge in [0.1, 0.15) is 6.04 Å². The first-order valence-electron chi connectivity index (χ1n) is 15.0. The quantitative estimate of drug-likeness (QED) is 0.281. The molecule has 5 amide bonds. The second-order valence-electron chi connectivity index (χ2n) is 12.5. The van der Waals surface area contributed by atoms with E-state index in [2.05, 4.69) is 20.9 Å². The number of carbonyl (C=O) groups is 5. The van der Waals surface area contributed by atoms with Gasteiger partial charge in [0, 0.05) is 24.5 Å². The number of nitrogens with two attached hydrogens (primary N) is 1. The van der Waals surface area contributed by atoms with E-state index < -0.39 is 41.3 Å². The highest BCUT2D eigenvalue weighted by atomic mass is 16.2. The third-order valence-corrected chi connectivity index (χ3v) is 8.90. The largest absolute Gasteiger partial charge is 0.363 e. The molecule has 41 heavy (non-hydrogen) atoms. The number of nitrogens with one attached hydrogen (secondary N) is 3. The fraction of sp³-hybridized carbons (Fsp3) is 0.667. The van der Waals surface area contributed by atoms with Crippen LogP contribution >= 0.6 is 0 Å². The van der Waals surface area contributed by atoms with Crippen molar-refractivity contribution in [1.82, 2.24) is 25.8 Å². The number of hydrogen-bond acceptors (Lipinski definition) is 6. The number of carbonyl (C=O) groups excluding carboxylic acids is 5. The molecule has 4 rings (SSSR count). The van der Waals surface area contributed by atoms with E-state index in [0.29, 0.717) is 25.8 Å². The summed E-state index contributed by atoms with van der Waals surface area (Å²) in [6, 6.07) is 1.69. The molecule has 2 heterocycles. The lowest BCUT2D eigenvalue weighted by molar-refractivity contribution is -0.141. The highest BCUT2D eigenvalue weighted by Crippen LogP contribution is 2.34. The Morgan fingerprint density at radius 3 is 2.46 bits per heavy atom. The lowest BCUT2D eigenvalue weighted by Crippen LogP contribution is -2.57. The molecule has 1 saturated heterocycles. The Balaban J connectivity index is 1.38. The summed E-state index contributed by atoms with van der Waals surface area (Å²) in [7, 11) is 0. The van der Waals surface area contributed by atoms with Crippen molar-refractivity contribution in [2.75, 3.05) is 13.1 Å². The molecule has 3 aliphatic rings. The third-order valence-electron chi connectivity index (χ3n) is 8.90. The fourth-order valence-corrected chi connectivity index (χ4v) is 6.24. The molecule has 1 aromatic heterocycles. The van der Waals surface area contributed by atoms with Crippen molar-refractivity contribution < 1.29 is 24.0 Å². The van der Waals surface area contributed by atoms with E-state index >= 15 is 0 Å². The zero-order chi connectivity index (χ0) is 29.6. The van der Waals surface area contributed by atoms with Gasteiger partial charge in [-0.15, -0.1) is 0 Å². The maximum atomic E-state index is 13.4. The summed E-state index contributed by atoms with van der Waals surface area (Å²) in [6.07, 6.45) is 11.7. The second-order valence-corrected chi connectivity index (χ2v) is 12.5. The first-order valence-corrected chi connectivity index (χ1v) is 15.0. The van der Waals surface area contributed by atoms with Crippen LogP contribution in [0.3, 0.4) is 0 Å². The van der Waals surface area contributed by atoms with Gasteiger partial charge in [0.15, 0.2) is 0 Å². The molecule has 0 radical (unpaired) electrons. The molecule has 2 saturated carbocycles. The average molecular weight is 569 g/mol. The van der Waals surface area contributed by atoms with Crippen LogP contribution in [0.5, 0.6) is 0 Å². The first-order chi connectivity index (χ1) is 19.6. The molecule has 224 valence electrons. The Kier molecular flexibility index (Phi) is 9.99. The molecule has 1 unspecified atom stereocenters. The molecule has 3 fully saturated rings. The van der Waals surface area contributed by atoms with Gasteiger partial charge in [-0.1, -0.05) is 52.0 Å². The Morgan fingerprint density at radius 1 is 1.12 bits per heavy atom. The van der Waals surface area contributed by atoms with Crippen LogP contribution in [0.4, 0.5) is 4.79 Å². The predicted molar refractivity (Wildman–Crippen MR) is 152 cm³/mol. The predicted octanol–water partition coefficient (Wildman–Crippen LogP) is 1.84. The van der Waals surface area contributed by atoms with Crippen LogP contribution in [0, 0.1) is 17.8 Å². The van der Waals surface area contributed by atoms with E-state index in [1.807, 2.05) is 32.2 Å². The zero-order valence-corrected chi connectivity index (χ0v) is 24.2. The van der Waals surface area contributed by atoms with Gasteiger partial charge in [0.05, 0.1) is 12.6 Å². The minimum atomic E-state index is -1.08. The van der Waals surface area contributed by atoms with Crippen molar-refractivity contribution in [2.45, 2.75) is 95.7 Å². The lowest BCUT2D eigenvalue weighted by atomic mass is 9.78. The summed E-state index contributed by atoms with van der Waals surface area (Å²) in [6.45, 7) is 4.20. The molecule has 5 N–H and O–H groups in total. The van der Waals surface area contributed by atoms with Crippen LogP contribution in [0.25, 0.3) is 0 Å². The SMILES string of the molecule is CC(C)[C@@H]1C[C@@H](C(=O)NC(CC2CC2)C(=O)C(N)=O)N(C(=O)CNC(=O)NC2(Cc3cccnc3)CCCCC2)C1. The fourth-order valence-electron chi connectivity index (χ4n) is 6.24. The molecule has 3 atom stereocenters. The van der Waals surface area contributed by atoms with E-state index in [0.717, 1.165) is 50.5 Å². The molecule has 1 aliphatic heterocycles. The van der Waals surface area contributed by atoms with Gasteiger partial charge in [0.2, 0.25) is 17.6 Å². The zero-order valence-electron chi connectivity index (χ0n) is 24.2. The molecule has 0 aromatic carbocycles. The van der Waals surface area contributed by atoms with Crippen LogP contribution in [0.1, 0.15) is 77.2 Å². The third kappa shape index (κ3) is 8.27. The monoisotopic (exact) mass is 568 g/mol. The summed E-state index contributed by atoms with van der Waals surface area (Å²) >= 11 is 0. The maximum absolute atomic E-state index is 13.4. The number of primary amides is 1. The highest BCUT2D eigenvalue weighted by molar-refractivity contribution is 6.37. The van der Waals surface area contributed by atoms with E-state index in [1.165, 1.54) is 4.90 Å². The lowest BCUT2D eigenvalue weighted by Gasteiger charge is -2.38. The van der Waals surface area contributed by atoms with Crippen LogP contribution in [-0.4, -0.2) is 70.1 Å². The summed E-state index contributed by atoms with van der Waals surface area (Å²) in [5.74, 6) is -2.14. The standard InChI is InChI=1S/C30H44N6O5/c1-19(2)22-14-24(28(40)34-23(13-20-8-9-20)26(38)27(31)39)36(18-22)25(37)17-33-29(41)35-30(10-4-3-5-11-30)15-21-7-6-12-32-16-21/h6-7,12,16,19-20,22-24H,3-5,8-11,13-15,17-18H2,1-2H3,(H2,31,39)(H,34,40)(H2,33,35,41)/t22-,23?,24+/m1/s1. The molecular formula is C30H44N6O5. The number of ketones is 1. The van der Waals surface area contributed by atoms with Crippen LogP contribution < -0.4 is 21.7 Å². The van der Waals surface area contributed by atoms with Crippen molar-refractivity contribution in [3.63, 3.8) is 0 Å². The molecule has 11 heteroatoms. The van der Waals surface area contributed by atoms with Crippen molar-refractivity contribution in [1.29, 1.82) is 0 Å². The number of hydrogen-bond donors (Lipinski definition) is 4. The van der Waals surface area contributed by atoms with Gasteiger partial charge in [-0.2, -0.15) is 0 Å². The minimum Gasteiger partial charge on any atom is -0.363 e.